The minimum Gasteiger partial charge on any atom is -0.326 e. The molecule has 0 spiro atoms. The van der Waals surface area contributed by atoms with Crippen molar-refractivity contribution in [3.05, 3.63) is 29.8 Å². The van der Waals surface area contributed by atoms with Crippen LogP contribution in [-0.4, -0.2) is 5.91 Å². The second kappa shape index (κ2) is 6.80. The van der Waals surface area contributed by atoms with Gasteiger partial charge in [0.1, 0.15) is 0 Å². The number of nitrogens with one attached hydrogen (secondary N) is 1. The maximum atomic E-state index is 12.0. The highest BCUT2D eigenvalue weighted by Crippen LogP contribution is 2.29. The molecule has 1 N–H and O–H groups in total. The first kappa shape index (κ1) is 14.2. The highest BCUT2D eigenvalue weighted by atomic mass is 79.9. The molecule has 1 rings (SSSR count). The number of hydrogen-bond donors (Lipinski definition) is 1. The SMILES string of the molecule is CCC(CC)C(=O)Nc1ccccc1C(C)Br. The lowest BCUT2D eigenvalue weighted by molar-refractivity contribution is -0.120. The zero-order chi connectivity index (χ0) is 12.8. The molecule has 17 heavy (non-hydrogen) atoms. The topological polar surface area (TPSA) is 29.1 Å². The summed E-state index contributed by atoms with van der Waals surface area (Å²) in [5.41, 5.74) is 2.03. The number of anilines is 1. The normalized spacial score (nSPS) is 12.5. The molecule has 0 radical (unpaired) electrons. The molecule has 0 heterocycles. The van der Waals surface area contributed by atoms with Crippen LogP contribution in [0.1, 0.15) is 44.0 Å². The monoisotopic (exact) mass is 297 g/mol. The van der Waals surface area contributed by atoms with E-state index in [1.54, 1.807) is 0 Å². The first-order chi connectivity index (χ1) is 8.10. The minimum atomic E-state index is 0.105. The molecule has 0 bridgehead atoms. The summed E-state index contributed by atoms with van der Waals surface area (Å²) in [5, 5.41) is 3.02. The third kappa shape index (κ3) is 3.84. The smallest absolute Gasteiger partial charge is 0.227 e. The number of benzene rings is 1. The predicted molar refractivity (Wildman–Crippen MR) is 76.5 cm³/mol. The summed E-state index contributed by atoms with van der Waals surface area (Å²) in [6.07, 6.45) is 1.77. The van der Waals surface area contributed by atoms with Gasteiger partial charge in [-0.05, 0) is 31.4 Å². The van der Waals surface area contributed by atoms with E-state index in [0.717, 1.165) is 24.1 Å². The summed E-state index contributed by atoms with van der Waals surface area (Å²) in [5.74, 6) is 0.226. The van der Waals surface area contributed by atoms with Gasteiger partial charge in [-0.1, -0.05) is 48.0 Å². The van der Waals surface area contributed by atoms with Gasteiger partial charge in [0, 0.05) is 16.4 Å². The molecular weight excluding hydrogens is 278 g/mol. The van der Waals surface area contributed by atoms with Crippen LogP contribution in [0.2, 0.25) is 0 Å². The summed E-state index contributed by atoms with van der Waals surface area (Å²) in [4.78, 5) is 12.3. The summed E-state index contributed by atoms with van der Waals surface area (Å²) in [7, 11) is 0. The Bertz CT molecular complexity index is 372. The molecule has 0 aliphatic carbocycles. The molecule has 0 saturated heterocycles. The van der Waals surface area contributed by atoms with Gasteiger partial charge < -0.3 is 5.32 Å². The van der Waals surface area contributed by atoms with E-state index in [1.165, 1.54) is 0 Å². The van der Waals surface area contributed by atoms with E-state index in [9.17, 15) is 4.79 Å². The standard InChI is InChI=1S/C14H20BrNO/c1-4-11(5-2)14(17)16-13-9-7-6-8-12(13)10(3)15/h6-11H,4-5H2,1-3H3,(H,16,17). The lowest BCUT2D eigenvalue weighted by Crippen LogP contribution is -2.22. The molecule has 1 unspecified atom stereocenters. The molecule has 0 aliphatic heterocycles. The van der Waals surface area contributed by atoms with Crippen LogP contribution in [0.3, 0.4) is 0 Å². The quantitative estimate of drug-likeness (QED) is 0.796. The molecule has 0 fully saturated rings. The fourth-order valence-corrected chi connectivity index (χ4v) is 2.25. The lowest BCUT2D eigenvalue weighted by Gasteiger charge is -2.16. The van der Waals surface area contributed by atoms with Gasteiger partial charge in [-0.25, -0.2) is 0 Å². The van der Waals surface area contributed by atoms with Crippen molar-refractivity contribution in [3.8, 4) is 0 Å². The molecule has 94 valence electrons. The molecule has 0 aromatic heterocycles. The second-order valence-corrected chi connectivity index (χ2v) is 5.58. The first-order valence-corrected chi connectivity index (χ1v) is 7.05. The van der Waals surface area contributed by atoms with Crippen molar-refractivity contribution in [2.24, 2.45) is 5.92 Å². The number of rotatable bonds is 5. The zero-order valence-corrected chi connectivity index (χ0v) is 12.3. The third-order valence-corrected chi connectivity index (χ3v) is 3.50. The van der Waals surface area contributed by atoms with Gasteiger partial charge in [-0.15, -0.1) is 0 Å². The van der Waals surface area contributed by atoms with Crippen LogP contribution < -0.4 is 5.32 Å². The molecule has 2 nitrogen and oxygen atoms in total. The highest BCUT2D eigenvalue weighted by molar-refractivity contribution is 9.09. The van der Waals surface area contributed by atoms with E-state index >= 15 is 0 Å². The molecule has 1 atom stereocenters. The maximum Gasteiger partial charge on any atom is 0.227 e. The van der Waals surface area contributed by atoms with Crippen LogP contribution in [0.5, 0.6) is 0 Å². The van der Waals surface area contributed by atoms with E-state index in [0.29, 0.717) is 0 Å². The molecule has 1 aromatic rings. The van der Waals surface area contributed by atoms with Crippen molar-refractivity contribution in [2.75, 3.05) is 5.32 Å². The van der Waals surface area contributed by atoms with Gasteiger partial charge in [-0.3, -0.25) is 4.79 Å². The van der Waals surface area contributed by atoms with Crippen molar-refractivity contribution in [1.29, 1.82) is 0 Å². The van der Waals surface area contributed by atoms with E-state index in [-0.39, 0.29) is 16.7 Å². The van der Waals surface area contributed by atoms with Crippen LogP contribution in [0.15, 0.2) is 24.3 Å². The van der Waals surface area contributed by atoms with Gasteiger partial charge in [0.25, 0.3) is 0 Å². The average molecular weight is 298 g/mol. The second-order valence-electron chi connectivity index (χ2n) is 4.21. The Morgan fingerprint density at radius 3 is 2.41 bits per heavy atom. The largest absolute Gasteiger partial charge is 0.326 e. The van der Waals surface area contributed by atoms with Crippen LogP contribution in [0.25, 0.3) is 0 Å². The molecule has 1 aromatic carbocycles. The van der Waals surface area contributed by atoms with Crippen molar-refractivity contribution in [3.63, 3.8) is 0 Å². The predicted octanol–water partition coefficient (Wildman–Crippen LogP) is 4.52. The van der Waals surface area contributed by atoms with E-state index < -0.39 is 0 Å². The minimum absolute atomic E-state index is 0.105. The molecule has 1 amide bonds. The van der Waals surface area contributed by atoms with Crippen molar-refractivity contribution < 1.29 is 4.79 Å². The lowest BCUT2D eigenvalue weighted by atomic mass is 10.0. The Labute approximate surface area is 112 Å². The maximum absolute atomic E-state index is 12.0. The van der Waals surface area contributed by atoms with Crippen LogP contribution >= 0.6 is 15.9 Å². The van der Waals surface area contributed by atoms with Crippen molar-refractivity contribution in [2.45, 2.75) is 38.4 Å². The number of hydrogen-bond acceptors (Lipinski definition) is 1. The fraction of sp³-hybridized carbons (Fsp3) is 0.500. The number of para-hydroxylation sites is 1. The molecule has 0 aliphatic rings. The highest BCUT2D eigenvalue weighted by Gasteiger charge is 2.16. The van der Waals surface area contributed by atoms with Crippen LogP contribution in [0, 0.1) is 5.92 Å². The van der Waals surface area contributed by atoms with Crippen molar-refractivity contribution in [1.82, 2.24) is 0 Å². The van der Waals surface area contributed by atoms with E-state index in [2.05, 4.69) is 28.2 Å². The number of halogens is 1. The zero-order valence-electron chi connectivity index (χ0n) is 10.7. The fourth-order valence-electron chi connectivity index (χ4n) is 1.85. The Kier molecular flexibility index (Phi) is 5.69. The Morgan fingerprint density at radius 2 is 1.88 bits per heavy atom. The van der Waals surface area contributed by atoms with Crippen molar-refractivity contribution >= 4 is 27.5 Å². The van der Waals surface area contributed by atoms with Crippen LogP contribution in [-0.2, 0) is 4.79 Å². The molecular formula is C14H20BrNO. The van der Waals surface area contributed by atoms with E-state index in [4.69, 9.17) is 0 Å². The van der Waals surface area contributed by atoms with E-state index in [1.807, 2.05) is 38.1 Å². The number of carbonyl (C=O) groups is 1. The third-order valence-electron chi connectivity index (χ3n) is 3.00. The van der Waals surface area contributed by atoms with Gasteiger partial charge in [0.05, 0.1) is 0 Å². The summed E-state index contributed by atoms with van der Waals surface area (Å²) in [6.45, 7) is 6.15. The van der Waals surface area contributed by atoms with Crippen LogP contribution in [0.4, 0.5) is 5.69 Å². The first-order valence-electron chi connectivity index (χ1n) is 6.14. The van der Waals surface area contributed by atoms with Gasteiger partial charge >= 0.3 is 0 Å². The molecule has 0 saturated carbocycles. The Morgan fingerprint density at radius 1 is 1.29 bits per heavy atom. The average Bonchev–Trinajstić information content (AvgIpc) is 2.31. The Balaban J connectivity index is 2.84. The number of amides is 1. The number of carbonyl (C=O) groups excluding carboxylic acids is 1. The molecule has 3 heteroatoms. The summed E-state index contributed by atoms with van der Waals surface area (Å²) >= 11 is 3.54. The van der Waals surface area contributed by atoms with Gasteiger partial charge in [0.2, 0.25) is 5.91 Å². The number of alkyl halides is 1. The summed E-state index contributed by atoms with van der Waals surface area (Å²) in [6, 6.07) is 7.91. The summed E-state index contributed by atoms with van der Waals surface area (Å²) < 4.78 is 0. The van der Waals surface area contributed by atoms with Gasteiger partial charge in [0.15, 0.2) is 0 Å². The van der Waals surface area contributed by atoms with Gasteiger partial charge in [-0.2, -0.15) is 0 Å². The Hall–Kier alpha value is -0.830.